The number of aromatic nitrogens is 2. The van der Waals surface area contributed by atoms with Gasteiger partial charge in [0.1, 0.15) is 5.82 Å². The minimum Gasteiger partial charge on any atom is -0.340 e. The molecule has 1 aromatic heterocycles. The van der Waals surface area contributed by atoms with Gasteiger partial charge in [-0.2, -0.15) is 4.98 Å². The van der Waals surface area contributed by atoms with Gasteiger partial charge >= 0.3 is 0 Å². The first-order valence-corrected chi connectivity index (χ1v) is 9.01. The molecular weight excluding hydrogens is 320 g/mol. The SMILES string of the molecule is Cc1ccc(Nc2cc(C)nc(N(Cc3ccccc3)C(C)C)n2)cc1. The first-order chi connectivity index (χ1) is 12.5. The Morgan fingerprint density at radius 1 is 0.923 bits per heavy atom. The van der Waals surface area contributed by atoms with Gasteiger partial charge in [0, 0.05) is 30.0 Å². The average Bonchev–Trinajstić information content (AvgIpc) is 2.62. The molecule has 134 valence electrons. The van der Waals surface area contributed by atoms with Crippen LogP contribution in [0, 0.1) is 13.8 Å². The van der Waals surface area contributed by atoms with E-state index in [4.69, 9.17) is 4.98 Å². The summed E-state index contributed by atoms with van der Waals surface area (Å²) in [5, 5.41) is 3.39. The van der Waals surface area contributed by atoms with Crippen LogP contribution >= 0.6 is 0 Å². The fourth-order valence-corrected chi connectivity index (χ4v) is 2.79. The molecule has 0 aliphatic rings. The number of hydrogen-bond acceptors (Lipinski definition) is 4. The Labute approximate surface area is 155 Å². The predicted molar refractivity (Wildman–Crippen MR) is 109 cm³/mol. The summed E-state index contributed by atoms with van der Waals surface area (Å²) in [5.41, 5.74) is 4.46. The lowest BCUT2D eigenvalue weighted by Gasteiger charge is -2.27. The van der Waals surface area contributed by atoms with E-state index in [0.717, 1.165) is 29.7 Å². The van der Waals surface area contributed by atoms with Crippen LogP contribution in [0.4, 0.5) is 17.5 Å². The topological polar surface area (TPSA) is 41.1 Å². The van der Waals surface area contributed by atoms with Crippen LogP contribution in [0.25, 0.3) is 0 Å². The molecule has 1 N–H and O–H groups in total. The van der Waals surface area contributed by atoms with Crippen LogP contribution in [0.2, 0.25) is 0 Å². The van der Waals surface area contributed by atoms with Gasteiger partial charge in [0.25, 0.3) is 0 Å². The van der Waals surface area contributed by atoms with E-state index in [1.54, 1.807) is 0 Å². The van der Waals surface area contributed by atoms with Crippen LogP contribution in [0.1, 0.15) is 30.7 Å². The fraction of sp³-hybridized carbons (Fsp3) is 0.273. The van der Waals surface area contributed by atoms with E-state index in [-0.39, 0.29) is 0 Å². The molecule has 26 heavy (non-hydrogen) atoms. The number of anilines is 3. The third kappa shape index (κ3) is 4.60. The lowest BCUT2D eigenvalue weighted by Crippen LogP contribution is -2.32. The smallest absolute Gasteiger partial charge is 0.228 e. The van der Waals surface area contributed by atoms with Gasteiger partial charge in [-0.05, 0) is 45.4 Å². The number of hydrogen-bond donors (Lipinski definition) is 1. The van der Waals surface area contributed by atoms with Crippen LogP contribution < -0.4 is 10.2 Å². The minimum atomic E-state index is 0.296. The lowest BCUT2D eigenvalue weighted by atomic mass is 10.2. The van der Waals surface area contributed by atoms with Gasteiger partial charge in [0.05, 0.1) is 0 Å². The quantitative estimate of drug-likeness (QED) is 0.661. The Balaban J connectivity index is 1.87. The van der Waals surface area contributed by atoms with Crippen molar-refractivity contribution < 1.29 is 0 Å². The van der Waals surface area contributed by atoms with E-state index in [1.807, 2.05) is 19.1 Å². The molecule has 0 spiro atoms. The number of benzene rings is 2. The molecular formula is C22H26N4. The highest BCUT2D eigenvalue weighted by Gasteiger charge is 2.15. The summed E-state index contributed by atoms with van der Waals surface area (Å²) in [5.74, 6) is 1.56. The second-order valence-corrected chi connectivity index (χ2v) is 6.89. The number of aryl methyl sites for hydroxylation is 2. The van der Waals surface area contributed by atoms with Crippen molar-refractivity contribution in [1.29, 1.82) is 0 Å². The van der Waals surface area contributed by atoms with E-state index in [2.05, 4.69) is 84.5 Å². The Bertz CT molecular complexity index is 842. The number of rotatable bonds is 6. The van der Waals surface area contributed by atoms with Crippen LogP contribution in [-0.4, -0.2) is 16.0 Å². The van der Waals surface area contributed by atoms with E-state index in [0.29, 0.717) is 6.04 Å². The molecule has 3 aromatic rings. The van der Waals surface area contributed by atoms with Gasteiger partial charge in [-0.15, -0.1) is 0 Å². The summed E-state index contributed by atoms with van der Waals surface area (Å²) < 4.78 is 0. The van der Waals surface area contributed by atoms with Crippen molar-refractivity contribution in [2.75, 3.05) is 10.2 Å². The standard InChI is InChI=1S/C22H26N4/c1-16(2)26(15-19-8-6-5-7-9-19)22-23-18(4)14-21(25-22)24-20-12-10-17(3)11-13-20/h5-14,16H,15H2,1-4H3,(H,23,24,25). The molecule has 0 fully saturated rings. The highest BCUT2D eigenvalue weighted by molar-refractivity contribution is 5.58. The number of nitrogens with one attached hydrogen (secondary N) is 1. The van der Waals surface area contributed by atoms with Crippen LogP contribution in [0.5, 0.6) is 0 Å². The van der Waals surface area contributed by atoms with Gasteiger partial charge < -0.3 is 10.2 Å². The maximum Gasteiger partial charge on any atom is 0.228 e. The van der Waals surface area contributed by atoms with Gasteiger partial charge in [-0.1, -0.05) is 48.0 Å². The minimum absolute atomic E-state index is 0.296. The summed E-state index contributed by atoms with van der Waals surface area (Å²) in [4.78, 5) is 11.7. The second-order valence-electron chi connectivity index (χ2n) is 6.89. The first kappa shape index (κ1) is 17.9. The summed E-state index contributed by atoms with van der Waals surface area (Å²) in [6.45, 7) is 9.21. The zero-order chi connectivity index (χ0) is 18.5. The molecule has 0 radical (unpaired) electrons. The predicted octanol–water partition coefficient (Wildman–Crippen LogP) is 5.25. The van der Waals surface area contributed by atoms with E-state index in [9.17, 15) is 0 Å². The largest absolute Gasteiger partial charge is 0.340 e. The third-order valence-corrected chi connectivity index (χ3v) is 4.24. The number of nitrogens with zero attached hydrogens (tertiary/aromatic N) is 3. The monoisotopic (exact) mass is 346 g/mol. The summed E-state index contributed by atoms with van der Waals surface area (Å²) in [6, 6.07) is 21.0. The van der Waals surface area contributed by atoms with Gasteiger partial charge in [-0.3, -0.25) is 0 Å². The lowest BCUT2D eigenvalue weighted by molar-refractivity contribution is 0.659. The summed E-state index contributed by atoms with van der Waals surface area (Å²) in [7, 11) is 0. The summed E-state index contributed by atoms with van der Waals surface area (Å²) >= 11 is 0. The normalized spacial score (nSPS) is 10.8. The zero-order valence-electron chi connectivity index (χ0n) is 15.9. The van der Waals surface area contributed by atoms with Crippen molar-refractivity contribution in [3.8, 4) is 0 Å². The molecule has 0 aliphatic heterocycles. The highest BCUT2D eigenvalue weighted by atomic mass is 15.3. The van der Waals surface area contributed by atoms with E-state index >= 15 is 0 Å². The third-order valence-electron chi connectivity index (χ3n) is 4.24. The second kappa shape index (κ2) is 8.00. The molecule has 4 nitrogen and oxygen atoms in total. The zero-order valence-corrected chi connectivity index (χ0v) is 15.9. The highest BCUT2D eigenvalue weighted by Crippen LogP contribution is 2.21. The Morgan fingerprint density at radius 3 is 2.27 bits per heavy atom. The van der Waals surface area contributed by atoms with Crippen molar-refractivity contribution in [2.45, 2.75) is 40.3 Å². The molecule has 0 saturated heterocycles. The Kier molecular flexibility index (Phi) is 5.52. The molecule has 4 heteroatoms. The maximum atomic E-state index is 4.77. The molecule has 0 amide bonds. The first-order valence-electron chi connectivity index (χ1n) is 9.01. The molecule has 0 atom stereocenters. The van der Waals surface area contributed by atoms with Crippen molar-refractivity contribution >= 4 is 17.5 Å². The Morgan fingerprint density at radius 2 is 1.62 bits per heavy atom. The molecule has 2 aromatic carbocycles. The molecule has 0 aliphatic carbocycles. The van der Waals surface area contributed by atoms with Crippen molar-refractivity contribution in [3.05, 3.63) is 77.5 Å². The molecule has 3 rings (SSSR count). The average molecular weight is 346 g/mol. The van der Waals surface area contributed by atoms with Gasteiger partial charge in [0.2, 0.25) is 5.95 Å². The maximum absolute atomic E-state index is 4.77. The molecule has 0 unspecified atom stereocenters. The van der Waals surface area contributed by atoms with Crippen molar-refractivity contribution in [1.82, 2.24) is 9.97 Å². The van der Waals surface area contributed by atoms with Gasteiger partial charge in [-0.25, -0.2) is 4.98 Å². The van der Waals surface area contributed by atoms with Crippen LogP contribution in [0.3, 0.4) is 0 Å². The van der Waals surface area contributed by atoms with Crippen LogP contribution in [0.15, 0.2) is 60.7 Å². The van der Waals surface area contributed by atoms with E-state index < -0.39 is 0 Å². The summed E-state index contributed by atoms with van der Waals surface area (Å²) in [6.07, 6.45) is 0. The molecule has 1 heterocycles. The van der Waals surface area contributed by atoms with Gasteiger partial charge in [0.15, 0.2) is 0 Å². The molecule has 0 saturated carbocycles. The fourth-order valence-electron chi connectivity index (χ4n) is 2.79. The van der Waals surface area contributed by atoms with E-state index in [1.165, 1.54) is 11.1 Å². The molecule has 0 bridgehead atoms. The Hall–Kier alpha value is -2.88. The van der Waals surface area contributed by atoms with Crippen molar-refractivity contribution in [3.63, 3.8) is 0 Å². The van der Waals surface area contributed by atoms with Crippen molar-refractivity contribution in [2.24, 2.45) is 0 Å². The van der Waals surface area contributed by atoms with Crippen LogP contribution in [-0.2, 0) is 6.54 Å².